The molecule has 0 heterocycles. The molecular weight excluding hydrogens is 285 g/mol. The zero-order valence-corrected chi connectivity index (χ0v) is 12.1. The Morgan fingerprint density at radius 1 is 1.18 bits per heavy atom. The molecule has 0 saturated heterocycles. The maximum absolute atomic E-state index is 13.6. The van der Waals surface area contributed by atoms with Crippen LogP contribution in [0.25, 0.3) is 0 Å². The van der Waals surface area contributed by atoms with Crippen molar-refractivity contribution in [1.82, 2.24) is 0 Å². The predicted octanol–water partition coefficient (Wildman–Crippen LogP) is 2.82. The van der Waals surface area contributed by atoms with Gasteiger partial charge in [-0.15, -0.1) is 0 Å². The zero-order chi connectivity index (χ0) is 15.9. The van der Waals surface area contributed by atoms with Gasteiger partial charge in [-0.2, -0.15) is 5.26 Å². The van der Waals surface area contributed by atoms with E-state index in [1.807, 2.05) is 31.2 Å². The Kier molecular flexibility index (Phi) is 5.34. The second-order valence-corrected chi connectivity index (χ2v) is 4.85. The molecule has 0 aliphatic carbocycles. The van der Waals surface area contributed by atoms with Crippen molar-refractivity contribution in [3.63, 3.8) is 0 Å². The summed E-state index contributed by atoms with van der Waals surface area (Å²) in [6.07, 6.45) is -0.893. The maximum Gasteiger partial charge on any atom is 0.166 e. The third-order valence-corrected chi connectivity index (χ3v) is 2.92. The Hall–Kier alpha value is -2.58. The number of hydrogen-bond acceptors (Lipinski definition) is 4. The number of benzene rings is 2. The van der Waals surface area contributed by atoms with E-state index in [4.69, 9.17) is 14.7 Å². The second-order valence-electron chi connectivity index (χ2n) is 4.85. The highest BCUT2D eigenvalue weighted by atomic mass is 19.1. The quantitative estimate of drug-likeness (QED) is 0.891. The minimum Gasteiger partial charge on any atom is -0.491 e. The van der Waals surface area contributed by atoms with Crippen LogP contribution in [0.15, 0.2) is 42.5 Å². The predicted molar refractivity (Wildman–Crippen MR) is 79.3 cm³/mol. The number of nitrogens with zero attached hydrogens (tertiary/aromatic N) is 1. The summed E-state index contributed by atoms with van der Waals surface area (Å²) < 4.78 is 24.2. The van der Waals surface area contributed by atoms with Crippen LogP contribution in [0.5, 0.6) is 11.5 Å². The standard InChI is InChI=1S/C17H16FNO3/c1-12-3-2-4-15(7-12)21-10-14(20)11-22-17-6-5-13(9-19)8-16(17)18/h2-8,14,20H,10-11H2,1H3. The van der Waals surface area contributed by atoms with E-state index in [9.17, 15) is 9.50 Å². The lowest BCUT2D eigenvalue weighted by Crippen LogP contribution is -2.25. The van der Waals surface area contributed by atoms with E-state index in [2.05, 4.69) is 0 Å². The van der Waals surface area contributed by atoms with Crippen LogP contribution in [0.4, 0.5) is 4.39 Å². The van der Waals surface area contributed by atoms with Crippen LogP contribution < -0.4 is 9.47 Å². The minimum absolute atomic E-state index is 0.00592. The van der Waals surface area contributed by atoms with Crippen LogP contribution >= 0.6 is 0 Å². The van der Waals surface area contributed by atoms with Gasteiger partial charge in [-0.05, 0) is 42.8 Å². The summed E-state index contributed by atoms with van der Waals surface area (Å²) in [5, 5.41) is 18.5. The lowest BCUT2D eigenvalue weighted by molar-refractivity contribution is 0.0612. The van der Waals surface area contributed by atoms with E-state index in [-0.39, 0.29) is 24.5 Å². The van der Waals surface area contributed by atoms with E-state index in [0.29, 0.717) is 5.75 Å². The molecule has 1 unspecified atom stereocenters. The molecule has 2 aromatic rings. The van der Waals surface area contributed by atoms with Gasteiger partial charge in [0.15, 0.2) is 11.6 Å². The van der Waals surface area contributed by atoms with Gasteiger partial charge >= 0.3 is 0 Å². The van der Waals surface area contributed by atoms with E-state index < -0.39 is 11.9 Å². The fourth-order valence-corrected chi connectivity index (χ4v) is 1.82. The molecule has 0 saturated carbocycles. The number of nitriles is 1. The van der Waals surface area contributed by atoms with E-state index >= 15 is 0 Å². The molecule has 0 spiro atoms. The van der Waals surface area contributed by atoms with Crippen molar-refractivity contribution in [2.75, 3.05) is 13.2 Å². The Balaban J connectivity index is 1.83. The Labute approximate surface area is 128 Å². The summed E-state index contributed by atoms with van der Waals surface area (Å²) in [4.78, 5) is 0. The molecule has 0 aliphatic rings. The highest BCUT2D eigenvalue weighted by Gasteiger charge is 2.10. The average Bonchev–Trinajstić information content (AvgIpc) is 2.51. The van der Waals surface area contributed by atoms with Gasteiger partial charge in [0.2, 0.25) is 0 Å². The fourth-order valence-electron chi connectivity index (χ4n) is 1.82. The van der Waals surface area contributed by atoms with Crippen molar-refractivity contribution in [3.05, 3.63) is 59.4 Å². The van der Waals surface area contributed by atoms with Crippen molar-refractivity contribution in [2.45, 2.75) is 13.0 Å². The van der Waals surface area contributed by atoms with Crippen molar-refractivity contribution in [1.29, 1.82) is 5.26 Å². The number of halogens is 1. The highest BCUT2D eigenvalue weighted by Crippen LogP contribution is 2.18. The molecule has 1 atom stereocenters. The van der Waals surface area contributed by atoms with Gasteiger partial charge in [0.1, 0.15) is 25.1 Å². The van der Waals surface area contributed by atoms with Crippen LogP contribution in [0.3, 0.4) is 0 Å². The fraction of sp³-hybridized carbons (Fsp3) is 0.235. The summed E-state index contributed by atoms with van der Waals surface area (Å²) in [5.74, 6) is 0.0167. The van der Waals surface area contributed by atoms with E-state index in [0.717, 1.165) is 11.6 Å². The zero-order valence-electron chi connectivity index (χ0n) is 12.1. The molecule has 0 amide bonds. The lowest BCUT2D eigenvalue weighted by Gasteiger charge is -2.14. The molecule has 0 bridgehead atoms. The lowest BCUT2D eigenvalue weighted by atomic mass is 10.2. The summed E-state index contributed by atoms with van der Waals surface area (Å²) in [6.45, 7) is 1.88. The Morgan fingerprint density at radius 2 is 1.95 bits per heavy atom. The monoisotopic (exact) mass is 301 g/mol. The minimum atomic E-state index is -0.893. The number of aliphatic hydroxyl groups excluding tert-OH is 1. The summed E-state index contributed by atoms with van der Waals surface area (Å²) in [5.41, 5.74) is 1.27. The molecule has 1 N–H and O–H groups in total. The van der Waals surface area contributed by atoms with Crippen molar-refractivity contribution >= 4 is 0 Å². The van der Waals surface area contributed by atoms with Gasteiger partial charge in [0.05, 0.1) is 11.6 Å². The SMILES string of the molecule is Cc1cccc(OCC(O)COc2ccc(C#N)cc2F)c1. The first-order chi connectivity index (χ1) is 10.6. The largest absolute Gasteiger partial charge is 0.491 e. The Bertz CT molecular complexity index is 682. The van der Waals surface area contributed by atoms with Gasteiger partial charge in [-0.1, -0.05) is 12.1 Å². The molecule has 0 fully saturated rings. The maximum atomic E-state index is 13.6. The molecule has 0 radical (unpaired) electrons. The van der Waals surface area contributed by atoms with Gasteiger partial charge in [0, 0.05) is 0 Å². The molecular formula is C17H16FNO3. The van der Waals surface area contributed by atoms with Gasteiger partial charge in [-0.25, -0.2) is 4.39 Å². The van der Waals surface area contributed by atoms with Crippen LogP contribution in [-0.4, -0.2) is 24.4 Å². The van der Waals surface area contributed by atoms with E-state index in [1.54, 1.807) is 6.07 Å². The normalized spacial score (nSPS) is 11.5. The summed E-state index contributed by atoms with van der Waals surface area (Å²) >= 11 is 0. The first-order valence-electron chi connectivity index (χ1n) is 6.78. The number of aliphatic hydroxyl groups is 1. The van der Waals surface area contributed by atoms with Crippen molar-refractivity contribution < 1.29 is 19.0 Å². The molecule has 4 nitrogen and oxygen atoms in total. The highest BCUT2D eigenvalue weighted by molar-refractivity contribution is 5.36. The van der Waals surface area contributed by atoms with Crippen molar-refractivity contribution in [2.24, 2.45) is 0 Å². The van der Waals surface area contributed by atoms with Crippen LogP contribution in [0.1, 0.15) is 11.1 Å². The van der Waals surface area contributed by atoms with Crippen LogP contribution in [0, 0.1) is 24.1 Å². The smallest absolute Gasteiger partial charge is 0.166 e. The average molecular weight is 301 g/mol. The summed E-state index contributed by atoms with van der Waals surface area (Å²) in [6, 6.07) is 13.2. The number of rotatable bonds is 6. The molecule has 22 heavy (non-hydrogen) atoms. The third-order valence-electron chi connectivity index (χ3n) is 2.92. The van der Waals surface area contributed by atoms with Gasteiger partial charge in [-0.3, -0.25) is 0 Å². The number of ether oxygens (including phenoxy) is 2. The number of aryl methyl sites for hydroxylation is 1. The molecule has 2 aromatic carbocycles. The first kappa shape index (κ1) is 15.8. The molecule has 2 rings (SSSR count). The molecule has 114 valence electrons. The third kappa shape index (κ3) is 4.47. The first-order valence-corrected chi connectivity index (χ1v) is 6.78. The number of hydrogen-bond donors (Lipinski definition) is 1. The van der Waals surface area contributed by atoms with Crippen LogP contribution in [0.2, 0.25) is 0 Å². The van der Waals surface area contributed by atoms with Gasteiger partial charge in [0.25, 0.3) is 0 Å². The van der Waals surface area contributed by atoms with Crippen molar-refractivity contribution in [3.8, 4) is 17.6 Å². The molecule has 5 heteroatoms. The second kappa shape index (κ2) is 7.43. The van der Waals surface area contributed by atoms with E-state index in [1.165, 1.54) is 12.1 Å². The summed E-state index contributed by atoms with van der Waals surface area (Å²) in [7, 11) is 0. The Morgan fingerprint density at radius 3 is 2.64 bits per heavy atom. The van der Waals surface area contributed by atoms with Crippen LogP contribution in [-0.2, 0) is 0 Å². The van der Waals surface area contributed by atoms with Gasteiger partial charge < -0.3 is 14.6 Å². The molecule has 0 aliphatic heterocycles. The molecule has 0 aromatic heterocycles. The topological polar surface area (TPSA) is 62.5 Å².